The van der Waals surface area contributed by atoms with E-state index in [2.05, 4.69) is 4.98 Å². The third-order valence-corrected chi connectivity index (χ3v) is 5.25. The quantitative estimate of drug-likeness (QED) is 0.734. The number of methoxy groups -OCH3 is 1. The molecule has 0 bridgehead atoms. The molecule has 0 unspecified atom stereocenters. The molecule has 1 aromatic heterocycles. The van der Waals surface area contributed by atoms with Gasteiger partial charge in [-0.15, -0.1) is 11.3 Å². The van der Waals surface area contributed by atoms with Crippen molar-refractivity contribution < 1.29 is 19.1 Å². The Morgan fingerprint density at radius 1 is 1.42 bits per heavy atom. The molecule has 1 aromatic carbocycles. The fraction of sp³-hybridized carbons (Fsp3) is 0.312. The van der Waals surface area contributed by atoms with Crippen molar-refractivity contribution in [1.29, 1.82) is 0 Å². The second kappa shape index (κ2) is 7.67. The summed E-state index contributed by atoms with van der Waals surface area (Å²) in [6, 6.07) is 7.64. The Kier molecular flexibility index (Phi) is 5.37. The lowest BCUT2D eigenvalue weighted by atomic mass is 10.2. The number of thioether (sulfide) groups is 1. The molecule has 1 saturated heterocycles. The summed E-state index contributed by atoms with van der Waals surface area (Å²) in [4.78, 5) is 29.2. The molecule has 1 aliphatic heterocycles. The van der Waals surface area contributed by atoms with Crippen LogP contribution >= 0.6 is 23.1 Å². The highest BCUT2D eigenvalue weighted by atomic mass is 32.2. The molecule has 2 aromatic rings. The fourth-order valence-corrected chi connectivity index (χ4v) is 3.81. The molecule has 6 nitrogen and oxygen atoms in total. The molecule has 0 aliphatic carbocycles. The Morgan fingerprint density at radius 2 is 2.29 bits per heavy atom. The molecule has 0 atom stereocenters. The van der Waals surface area contributed by atoms with Crippen molar-refractivity contribution in [3.63, 3.8) is 0 Å². The number of hydrogen-bond donors (Lipinski definition) is 0. The summed E-state index contributed by atoms with van der Waals surface area (Å²) in [6.07, 6.45) is 0. The number of aromatic nitrogens is 1. The van der Waals surface area contributed by atoms with E-state index in [-0.39, 0.29) is 18.4 Å². The average molecular weight is 364 g/mol. The maximum Gasteiger partial charge on any atom is 0.326 e. The predicted molar refractivity (Wildman–Crippen MR) is 93.3 cm³/mol. The lowest BCUT2D eigenvalue weighted by molar-refractivity contribution is -0.145. The lowest BCUT2D eigenvalue weighted by Gasteiger charge is -2.12. The van der Waals surface area contributed by atoms with Crippen LogP contribution in [0, 0.1) is 0 Å². The van der Waals surface area contributed by atoms with Gasteiger partial charge >= 0.3 is 5.97 Å². The topological polar surface area (TPSA) is 68.7 Å². The molecular weight excluding hydrogens is 348 g/mol. The van der Waals surface area contributed by atoms with E-state index in [0.717, 1.165) is 22.1 Å². The normalized spacial score (nSPS) is 14.0. The Hall–Kier alpha value is -2.06. The highest BCUT2D eigenvalue weighted by molar-refractivity contribution is 8.13. The number of rotatable bonds is 6. The van der Waals surface area contributed by atoms with Crippen molar-refractivity contribution in [3.05, 3.63) is 35.3 Å². The first-order chi connectivity index (χ1) is 11.7. The van der Waals surface area contributed by atoms with Gasteiger partial charge in [-0.3, -0.25) is 9.59 Å². The number of thiazole rings is 1. The van der Waals surface area contributed by atoms with E-state index in [0.29, 0.717) is 12.2 Å². The Balaban J connectivity index is 1.56. The molecule has 1 amide bonds. The van der Waals surface area contributed by atoms with E-state index in [1.807, 2.05) is 29.6 Å². The van der Waals surface area contributed by atoms with Crippen LogP contribution in [0.5, 0.6) is 5.75 Å². The van der Waals surface area contributed by atoms with Gasteiger partial charge in [-0.05, 0) is 12.1 Å². The van der Waals surface area contributed by atoms with E-state index >= 15 is 0 Å². The first-order valence-corrected chi connectivity index (χ1v) is 9.18. The van der Waals surface area contributed by atoms with Gasteiger partial charge in [0.05, 0.1) is 12.8 Å². The van der Waals surface area contributed by atoms with Crippen LogP contribution in [-0.2, 0) is 16.1 Å². The summed E-state index contributed by atoms with van der Waals surface area (Å²) in [5, 5.41) is 2.63. The van der Waals surface area contributed by atoms with Gasteiger partial charge in [0.2, 0.25) is 0 Å². The zero-order valence-corrected chi connectivity index (χ0v) is 14.7. The van der Waals surface area contributed by atoms with Crippen LogP contribution in [0.25, 0.3) is 10.6 Å². The van der Waals surface area contributed by atoms with Gasteiger partial charge in [-0.2, -0.15) is 0 Å². The predicted octanol–water partition coefficient (Wildman–Crippen LogP) is 3.03. The molecule has 8 heteroatoms. The van der Waals surface area contributed by atoms with Crippen molar-refractivity contribution in [1.82, 2.24) is 9.88 Å². The summed E-state index contributed by atoms with van der Waals surface area (Å²) in [5.74, 6) is 1.08. The zero-order valence-electron chi connectivity index (χ0n) is 13.1. The minimum atomic E-state index is -0.415. The summed E-state index contributed by atoms with van der Waals surface area (Å²) in [7, 11) is 1.62. The number of amides is 1. The molecule has 0 radical (unpaired) electrons. The van der Waals surface area contributed by atoms with Crippen LogP contribution in [0.2, 0.25) is 0 Å². The Labute approximate surface area is 147 Å². The SMILES string of the molecule is COc1cccc(-c2nc(COC(=O)CN3CCSC3=O)cs2)c1. The minimum Gasteiger partial charge on any atom is -0.497 e. The van der Waals surface area contributed by atoms with Crippen molar-refractivity contribution in [3.8, 4) is 16.3 Å². The molecule has 24 heavy (non-hydrogen) atoms. The van der Waals surface area contributed by atoms with E-state index in [9.17, 15) is 9.59 Å². The van der Waals surface area contributed by atoms with Crippen molar-refractivity contribution in [2.45, 2.75) is 6.61 Å². The van der Waals surface area contributed by atoms with Gasteiger partial charge in [0.15, 0.2) is 0 Å². The number of nitrogens with zero attached hydrogens (tertiary/aromatic N) is 2. The van der Waals surface area contributed by atoms with Crippen LogP contribution in [0.4, 0.5) is 4.79 Å². The second-order valence-corrected chi connectivity index (χ2v) is 6.98. The van der Waals surface area contributed by atoms with Crippen LogP contribution in [0.15, 0.2) is 29.6 Å². The van der Waals surface area contributed by atoms with Crippen molar-refractivity contribution >= 4 is 34.3 Å². The zero-order chi connectivity index (χ0) is 16.9. The molecule has 0 saturated carbocycles. The fourth-order valence-electron chi connectivity index (χ4n) is 2.19. The number of ether oxygens (including phenoxy) is 2. The first kappa shape index (κ1) is 16.8. The van der Waals surface area contributed by atoms with E-state index in [1.54, 1.807) is 7.11 Å². The van der Waals surface area contributed by atoms with E-state index in [4.69, 9.17) is 9.47 Å². The van der Waals surface area contributed by atoms with E-state index < -0.39 is 5.97 Å². The molecule has 2 heterocycles. The number of carbonyl (C=O) groups is 2. The molecule has 0 N–H and O–H groups in total. The summed E-state index contributed by atoms with van der Waals surface area (Å²) >= 11 is 2.71. The maximum atomic E-state index is 11.8. The highest BCUT2D eigenvalue weighted by Gasteiger charge is 2.23. The third-order valence-electron chi connectivity index (χ3n) is 3.41. The summed E-state index contributed by atoms with van der Waals surface area (Å²) < 4.78 is 10.4. The third kappa shape index (κ3) is 4.07. The van der Waals surface area contributed by atoms with Crippen LogP contribution in [0.3, 0.4) is 0 Å². The van der Waals surface area contributed by atoms with Gasteiger partial charge in [-0.1, -0.05) is 23.9 Å². The molecular formula is C16H16N2O4S2. The first-order valence-electron chi connectivity index (χ1n) is 7.32. The van der Waals surface area contributed by atoms with Crippen molar-refractivity contribution in [2.24, 2.45) is 0 Å². The van der Waals surface area contributed by atoms with Gasteiger partial charge in [0.1, 0.15) is 23.9 Å². The average Bonchev–Trinajstić information content (AvgIpc) is 3.23. The van der Waals surface area contributed by atoms with Gasteiger partial charge in [-0.25, -0.2) is 4.98 Å². The number of esters is 1. The Morgan fingerprint density at radius 3 is 3.04 bits per heavy atom. The molecule has 126 valence electrons. The number of benzene rings is 1. The molecule has 0 spiro atoms. The van der Waals surface area contributed by atoms with Crippen molar-refractivity contribution in [2.75, 3.05) is 26.0 Å². The standard InChI is InChI=1S/C16H16N2O4S2/c1-21-13-4-2-3-11(7-13)15-17-12(10-24-15)9-22-14(19)8-18-5-6-23-16(18)20/h2-4,7,10H,5-6,8-9H2,1H3. The van der Waals surface area contributed by atoms with Crippen LogP contribution < -0.4 is 4.74 Å². The Bertz CT molecular complexity index is 747. The monoisotopic (exact) mass is 364 g/mol. The summed E-state index contributed by atoms with van der Waals surface area (Å²) in [6.45, 7) is 0.697. The van der Waals surface area contributed by atoms with Gasteiger partial charge in [0.25, 0.3) is 5.24 Å². The largest absolute Gasteiger partial charge is 0.497 e. The smallest absolute Gasteiger partial charge is 0.326 e. The van der Waals surface area contributed by atoms with E-state index in [1.165, 1.54) is 28.0 Å². The highest BCUT2D eigenvalue weighted by Crippen LogP contribution is 2.27. The second-order valence-electron chi connectivity index (χ2n) is 5.07. The number of hydrogen-bond acceptors (Lipinski definition) is 7. The minimum absolute atomic E-state index is 0.00128. The summed E-state index contributed by atoms with van der Waals surface area (Å²) in [5.41, 5.74) is 1.64. The van der Waals surface area contributed by atoms with Crippen LogP contribution in [-0.4, -0.2) is 47.0 Å². The van der Waals surface area contributed by atoms with Gasteiger partial charge in [0, 0.05) is 23.2 Å². The number of carbonyl (C=O) groups excluding carboxylic acids is 2. The van der Waals surface area contributed by atoms with Crippen LogP contribution in [0.1, 0.15) is 5.69 Å². The lowest BCUT2D eigenvalue weighted by Crippen LogP contribution is -2.30. The maximum absolute atomic E-state index is 11.8. The molecule has 1 fully saturated rings. The molecule has 3 rings (SSSR count). The van der Waals surface area contributed by atoms with Gasteiger partial charge < -0.3 is 14.4 Å². The molecule has 1 aliphatic rings.